The number of hydrogen-bond donors (Lipinski definition) is 4. The zero-order valence-electron chi connectivity index (χ0n) is 19.5. The van der Waals surface area contributed by atoms with Crippen molar-refractivity contribution in [2.24, 2.45) is 5.73 Å². The van der Waals surface area contributed by atoms with E-state index in [-0.39, 0.29) is 22.6 Å². The molecule has 0 aliphatic heterocycles. The summed E-state index contributed by atoms with van der Waals surface area (Å²) in [6, 6.07) is 15.2. The number of ether oxygens (including phenoxy) is 3. The minimum Gasteiger partial charge on any atom is -0.496 e. The molecule has 0 radical (unpaired) electrons. The fourth-order valence-electron chi connectivity index (χ4n) is 2.74. The molecule has 0 unspecified atom stereocenters. The molecular formula is C24H24I2N2O8. The lowest BCUT2D eigenvalue weighted by atomic mass is 10.1. The number of nitrogens with two attached hydrogens (primary N) is 2. The van der Waals surface area contributed by atoms with Crippen LogP contribution in [0.15, 0.2) is 54.6 Å². The summed E-state index contributed by atoms with van der Waals surface area (Å²) in [4.78, 5) is 32.3. The van der Waals surface area contributed by atoms with Gasteiger partial charge in [-0.05, 0) is 81.6 Å². The van der Waals surface area contributed by atoms with Crippen molar-refractivity contribution in [3.8, 4) is 17.2 Å². The van der Waals surface area contributed by atoms with Gasteiger partial charge in [-0.2, -0.15) is 0 Å². The summed E-state index contributed by atoms with van der Waals surface area (Å²) in [5.74, 6) is -1.30. The molecule has 10 nitrogen and oxygen atoms in total. The molecule has 0 heterocycles. The lowest BCUT2D eigenvalue weighted by Crippen LogP contribution is -2.14. The maximum atomic E-state index is 10.9. The Bertz CT molecular complexity index is 1080. The largest absolute Gasteiger partial charge is 0.496 e. The number of amides is 1. The van der Waals surface area contributed by atoms with Gasteiger partial charge in [0.25, 0.3) is 5.91 Å². The number of nitrogen functional groups attached to an aromatic ring is 1. The van der Waals surface area contributed by atoms with Gasteiger partial charge < -0.3 is 35.9 Å². The summed E-state index contributed by atoms with van der Waals surface area (Å²) in [6.45, 7) is 0. The molecule has 3 aromatic rings. The van der Waals surface area contributed by atoms with Crippen LogP contribution in [0.25, 0.3) is 0 Å². The van der Waals surface area contributed by atoms with E-state index in [4.69, 9.17) is 35.9 Å². The standard InChI is InChI=1S/C8H8INO2.C8H7IO3.C8H9NO3/c3*1-12-6-4-2-3-5(9)7(6)8(10)11/h2-4H,1H3,(H2,10,11);2-4H,1H3,(H,10,11);2-4H,9H2,1H3,(H,10,11). The molecule has 3 rings (SSSR count). The average Bonchev–Trinajstić information content (AvgIpc) is 2.83. The van der Waals surface area contributed by atoms with Crippen LogP contribution in [0.1, 0.15) is 31.1 Å². The number of rotatable bonds is 6. The molecule has 12 heteroatoms. The molecule has 1 amide bonds. The minimum atomic E-state index is -1.08. The predicted octanol–water partition coefficient (Wildman–Crippen LogP) is 4.37. The van der Waals surface area contributed by atoms with Crippen LogP contribution in [0, 0.1) is 7.14 Å². The fourth-order valence-corrected chi connectivity index (χ4v) is 4.19. The minimum absolute atomic E-state index is 0.0139. The Labute approximate surface area is 234 Å². The molecule has 0 fully saturated rings. The van der Waals surface area contributed by atoms with Crippen LogP contribution in [0.3, 0.4) is 0 Å². The first-order chi connectivity index (χ1) is 17.0. The van der Waals surface area contributed by atoms with Gasteiger partial charge >= 0.3 is 11.9 Å². The number of carboxylic acids is 2. The first-order valence-corrected chi connectivity index (χ1v) is 12.0. The number of primary amides is 1. The number of methoxy groups -OCH3 is 3. The molecule has 36 heavy (non-hydrogen) atoms. The van der Waals surface area contributed by atoms with Crippen molar-refractivity contribution in [2.75, 3.05) is 27.1 Å². The van der Waals surface area contributed by atoms with Crippen molar-refractivity contribution in [2.45, 2.75) is 0 Å². The summed E-state index contributed by atoms with van der Waals surface area (Å²) < 4.78 is 16.2. The quantitative estimate of drug-likeness (QED) is 0.213. The first-order valence-electron chi connectivity index (χ1n) is 9.83. The number of carbonyl (C=O) groups excluding carboxylic acids is 1. The predicted molar refractivity (Wildman–Crippen MR) is 151 cm³/mol. The van der Waals surface area contributed by atoms with Gasteiger partial charge in [-0.15, -0.1) is 0 Å². The number of halogens is 2. The number of carboxylic acid groups (broad SMARTS) is 2. The SMILES string of the molecule is COc1cccc(I)c1C(=O)O.COc1cccc(I)c1C(N)=O.COc1cccc(N)c1C(=O)O. The van der Waals surface area contributed by atoms with Crippen LogP contribution in [0.5, 0.6) is 17.2 Å². The monoisotopic (exact) mass is 722 g/mol. The number of carbonyl (C=O) groups is 3. The highest BCUT2D eigenvalue weighted by atomic mass is 127. The van der Waals surface area contributed by atoms with Crippen molar-refractivity contribution in [3.05, 3.63) is 78.4 Å². The third kappa shape index (κ3) is 8.44. The van der Waals surface area contributed by atoms with Crippen molar-refractivity contribution >= 4 is 68.7 Å². The van der Waals surface area contributed by atoms with E-state index in [1.807, 2.05) is 57.3 Å². The Morgan fingerprint density at radius 2 is 1.03 bits per heavy atom. The van der Waals surface area contributed by atoms with Crippen molar-refractivity contribution in [1.82, 2.24) is 0 Å². The maximum absolute atomic E-state index is 10.9. The molecule has 6 N–H and O–H groups in total. The number of hydrogen-bond acceptors (Lipinski definition) is 7. The van der Waals surface area contributed by atoms with Crippen LogP contribution in [-0.2, 0) is 0 Å². The van der Waals surface area contributed by atoms with Crippen LogP contribution >= 0.6 is 45.2 Å². The molecule has 0 saturated heterocycles. The summed E-state index contributed by atoms with van der Waals surface area (Å²) >= 11 is 4.01. The van der Waals surface area contributed by atoms with Crippen LogP contribution in [-0.4, -0.2) is 49.4 Å². The van der Waals surface area contributed by atoms with Gasteiger partial charge in [0.15, 0.2) is 0 Å². The number of anilines is 1. The molecule has 0 atom stereocenters. The van der Waals surface area contributed by atoms with Gasteiger partial charge in [0.05, 0.1) is 26.9 Å². The van der Waals surface area contributed by atoms with Crippen LogP contribution in [0.2, 0.25) is 0 Å². The third-order valence-electron chi connectivity index (χ3n) is 4.34. The van der Waals surface area contributed by atoms with Gasteiger partial charge in [0.2, 0.25) is 0 Å². The summed E-state index contributed by atoms with van der Waals surface area (Å²) in [7, 11) is 4.37. The molecule has 0 aliphatic carbocycles. The van der Waals surface area contributed by atoms with Crippen molar-refractivity contribution < 1.29 is 38.8 Å². The van der Waals surface area contributed by atoms with E-state index in [0.29, 0.717) is 20.6 Å². The molecule has 192 valence electrons. The molecular weight excluding hydrogens is 698 g/mol. The topological polar surface area (TPSA) is 171 Å². The van der Waals surface area contributed by atoms with Gasteiger partial charge in [0.1, 0.15) is 28.4 Å². The van der Waals surface area contributed by atoms with Gasteiger partial charge in [-0.25, -0.2) is 9.59 Å². The van der Waals surface area contributed by atoms with E-state index in [1.54, 1.807) is 36.4 Å². The van der Waals surface area contributed by atoms with E-state index in [1.165, 1.54) is 27.4 Å². The second-order valence-electron chi connectivity index (χ2n) is 6.53. The summed E-state index contributed by atoms with van der Waals surface area (Å²) in [5.41, 5.74) is 11.5. The van der Waals surface area contributed by atoms with Crippen molar-refractivity contribution in [3.63, 3.8) is 0 Å². The van der Waals surface area contributed by atoms with E-state index in [2.05, 4.69) is 0 Å². The summed E-state index contributed by atoms with van der Waals surface area (Å²) in [6.07, 6.45) is 0. The Hall–Kier alpha value is -3.27. The number of benzene rings is 3. The first kappa shape index (κ1) is 30.8. The van der Waals surface area contributed by atoms with Crippen molar-refractivity contribution in [1.29, 1.82) is 0 Å². The van der Waals surface area contributed by atoms with E-state index in [9.17, 15) is 14.4 Å². The van der Waals surface area contributed by atoms with E-state index < -0.39 is 17.8 Å². The molecule has 0 bridgehead atoms. The Morgan fingerprint density at radius 1 is 0.667 bits per heavy atom. The zero-order chi connectivity index (χ0) is 27.4. The normalized spacial score (nSPS) is 9.47. The lowest BCUT2D eigenvalue weighted by molar-refractivity contribution is 0.0682. The maximum Gasteiger partial charge on any atom is 0.341 e. The Morgan fingerprint density at radius 3 is 1.33 bits per heavy atom. The Kier molecular flexibility index (Phi) is 12.8. The highest BCUT2D eigenvalue weighted by Crippen LogP contribution is 2.24. The molecule has 0 spiro atoms. The molecule has 0 aromatic heterocycles. The Balaban J connectivity index is 0.000000270. The third-order valence-corrected chi connectivity index (χ3v) is 6.14. The molecule has 0 aliphatic rings. The second kappa shape index (κ2) is 15.0. The zero-order valence-corrected chi connectivity index (χ0v) is 23.8. The highest BCUT2D eigenvalue weighted by molar-refractivity contribution is 14.1. The second-order valence-corrected chi connectivity index (χ2v) is 8.86. The average molecular weight is 722 g/mol. The molecule has 0 saturated carbocycles. The smallest absolute Gasteiger partial charge is 0.341 e. The summed E-state index contributed by atoms with van der Waals surface area (Å²) in [5, 5.41) is 17.5. The van der Waals surface area contributed by atoms with E-state index >= 15 is 0 Å². The number of aromatic carboxylic acids is 2. The van der Waals surface area contributed by atoms with Gasteiger partial charge in [0, 0.05) is 12.8 Å². The highest BCUT2D eigenvalue weighted by Gasteiger charge is 2.14. The van der Waals surface area contributed by atoms with Crippen LogP contribution in [0.4, 0.5) is 5.69 Å². The van der Waals surface area contributed by atoms with Crippen LogP contribution < -0.4 is 25.7 Å². The van der Waals surface area contributed by atoms with Gasteiger partial charge in [-0.3, -0.25) is 4.79 Å². The fraction of sp³-hybridized carbons (Fsp3) is 0.125. The molecule has 3 aromatic carbocycles. The lowest BCUT2D eigenvalue weighted by Gasteiger charge is -2.05. The van der Waals surface area contributed by atoms with E-state index in [0.717, 1.165) is 3.57 Å². The van der Waals surface area contributed by atoms with Gasteiger partial charge in [-0.1, -0.05) is 18.2 Å².